The van der Waals surface area contributed by atoms with E-state index < -0.39 is 0 Å². The van der Waals surface area contributed by atoms with Crippen LogP contribution in [0, 0.1) is 0 Å². The van der Waals surface area contributed by atoms with Crippen LogP contribution in [0.15, 0.2) is 0 Å². The van der Waals surface area contributed by atoms with Gasteiger partial charge in [-0.1, -0.05) is 0 Å². The minimum Gasteiger partial charge on any atom is -0.149 e. The zero-order valence-corrected chi connectivity index (χ0v) is 6.53. The molecule has 0 spiro atoms. The fourth-order valence-corrected chi connectivity index (χ4v) is 0. The molecule has 0 saturated heterocycles. The van der Waals surface area contributed by atoms with Crippen LogP contribution in [0.2, 0.25) is 0 Å². The Labute approximate surface area is 57.2 Å². The summed E-state index contributed by atoms with van der Waals surface area (Å²) in [5.74, 6) is 0. The van der Waals surface area contributed by atoms with E-state index >= 15 is 0 Å². The van der Waals surface area contributed by atoms with Gasteiger partial charge in [0.15, 0.2) is 0 Å². The van der Waals surface area contributed by atoms with E-state index in [0.29, 0.717) is 5.21 Å². The molecule has 0 rings (SSSR count). The van der Waals surface area contributed by atoms with Gasteiger partial charge in [0, 0.05) is 0 Å². The molecule has 0 aromatic carbocycles. The molecule has 0 aliphatic heterocycles. The molecule has 0 heterocycles. The monoisotopic (exact) mass is 293 g/mol. The Hall–Kier alpha value is 1.38. The fraction of sp³-hybridized carbons (Fsp3) is 1.00. The Bertz CT molecular complexity index is 11.6. The van der Waals surface area contributed by atoms with Crippen LogP contribution in [-0.2, 0) is 22.4 Å². The van der Waals surface area contributed by atoms with Crippen molar-refractivity contribution in [1.29, 1.82) is 0 Å². The first-order chi connectivity index (χ1) is 1.91. The third-order valence-corrected chi connectivity index (χ3v) is 0.982. The molecule has 0 aromatic rings. The van der Waals surface area contributed by atoms with Gasteiger partial charge in [-0.25, -0.2) is 0 Å². The summed E-state index contributed by atoms with van der Waals surface area (Å²) in [6.45, 7) is 0. The van der Waals surface area contributed by atoms with Crippen molar-refractivity contribution in [3.05, 3.63) is 0 Å². The van der Waals surface area contributed by atoms with E-state index in [0.717, 1.165) is 0 Å². The number of rotatable bonds is 1. The van der Waals surface area contributed by atoms with Gasteiger partial charge < -0.3 is 0 Å². The molecule has 0 aromatic heterocycles. The maximum Gasteiger partial charge on any atom is 1.00 e. The number of thioether (sulfide) groups is 1. The Kier molecular flexibility index (Phi) is 17.4. The van der Waals surface area contributed by atoms with Crippen LogP contribution in [0.3, 0.4) is 0 Å². The summed E-state index contributed by atoms with van der Waals surface area (Å²) in [6, 6.07) is 0. The van der Waals surface area contributed by atoms with E-state index in [1.165, 1.54) is 0 Å². The Morgan fingerprint density at radius 2 is 2.00 bits per heavy atom. The van der Waals surface area contributed by atoms with E-state index in [4.69, 9.17) is 11.6 Å². The topological polar surface area (TPSA) is 0 Å². The van der Waals surface area contributed by atoms with Gasteiger partial charge in [0.2, 0.25) is 0 Å². The predicted molar refractivity (Wildman–Crippen MR) is 24.2 cm³/mol. The van der Waals surface area contributed by atoms with E-state index in [1.807, 2.05) is 6.26 Å². The van der Waals surface area contributed by atoms with Gasteiger partial charge in [-0.2, -0.15) is 0 Å². The molecule has 0 amide bonds. The average Bonchev–Trinajstić information content (AvgIpc) is 1.37. The number of alkyl halides is 1. The molecular formula is C2H5AuClS+. The van der Waals surface area contributed by atoms with Crippen molar-refractivity contribution in [3.8, 4) is 0 Å². The molecule has 3 heteroatoms. The van der Waals surface area contributed by atoms with Crippen molar-refractivity contribution in [3.63, 3.8) is 0 Å². The predicted octanol–water partition coefficient (Wildman–Crippen LogP) is 1.54. The number of halogens is 1. The quantitative estimate of drug-likeness (QED) is 0.522. The van der Waals surface area contributed by atoms with Gasteiger partial charge in [0.25, 0.3) is 0 Å². The minimum atomic E-state index is 0. The van der Waals surface area contributed by atoms with Crippen LogP contribution in [0.4, 0.5) is 0 Å². The summed E-state index contributed by atoms with van der Waals surface area (Å²) < 4.78 is 0. The molecule has 0 nitrogen and oxygen atoms in total. The maximum absolute atomic E-state index is 5.15. The van der Waals surface area contributed by atoms with Crippen LogP contribution in [0.25, 0.3) is 0 Å². The molecular weight excluding hydrogens is 289 g/mol. The molecule has 0 unspecified atom stereocenters. The Morgan fingerprint density at radius 3 is 2.00 bits per heavy atom. The average molecular weight is 294 g/mol. The first-order valence-electron chi connectivity index (χ1n) is 0.964. The summed E-state index contributed by atoms with van der Waals surface area (Å²) in [7, 11) is 0. The summed E-state index contributed by atoms with van der Waals surface area (Å²) in [5, 5.41) is 0.708. The zero-order chi connectivity index (χ0) is 3.41. The van der Waals surface area contributed by atoms with E-state index in [2.05, 4.69) is 0 Å². The van der Waals surface area contributed by atoms with Gasteiger partial charge in [-0.3, -0.25) is 0 Å². The molecule has 0 N–H and O–H groups in total. The zero-order valence-electron chi connectivity index (χ0n) is 2.79. The Balaban J connectivity index is 0. The van der Waals surface area contributed by atoms with Crippen molar-refractivity contribution in [2.24, 2.45) is 0 Å². The molecule has 0 radical (unpaired) electrons. The smallest absolute Gasteiger partial charge is 0.149 e. The first kappa shape index (κ1) is 9.63. The van der Waals surface area contributed by atoms with Crippen molar-refractivity contribution >= 4 is 23.4 Å². The number of hydrogen-bond donors (Lipinski definition) is 0. The van der Waals surface area contributed by atoms with Crippen molar-refractivity contribution < 1.29 is 22.4 Å². The minimum absolute atomic E-state index is 0. The summed E-state index contributed by atoms with van der Waals surface area (Å²) in [5.41, 5.74) is 0. The summed E-state index contributed by atoms with van der Waals surface area (Å²) in [4.78, 5) is 0. The van der Waals surface area contributed by atoms with Crippen LogP contribution in [0.5, 0.6) is 0 Å². The summed E-state index contributed by atoms with van der Waals surface area (Å²) >= 11 is 6.77. The van der Waals surface area contributed by atoms with E-state index in [1.54, 1.807) is 11.8 Å². The summed E-state index contributed by atoms with van der Waals surface area (Å²) in [6.07, 6.45) is 1.97. The SMILES string of the molecule is CSCCl.[Au+]. The van der Waals surface area contributed by atoms with Gasteiger partial charge in [-0.15, -0.1) is 23.4 Å². The first-order valence-corrected chi connectivity index (χ1v) is 2.89. The van der Waals surface area contributed by atoms with E-state index in [-0.39, 0.29) is 22.4 Å². The largest absolute Gasteiger partial charge is 1.00 e. The molecule has 0 fully saturated rings. The van der Waals surface area contributed by atoms with Crippen molar-refractivity contribution in [2.75, 3.05) is 11.5 Å². The second-order valence-corrected chi connectivity index (χ2v) is 1.85. The van der Waals surface area contributed by atoms with Crippen LogP contribution in [0.1, 0.15) is 0 Å². The standard InChI is InChI=1S/C2H5ClS.Au/c1-4-2-3;/h2H2,1H3;/q;+1. The van der Waals surface area contributed by atoms with Crippen molar-refractivity contribution in [2.45, 2.75) is 0 Å². The van der Waals surface area contributed by atoms with Gasteiger partial charge in [0.05, 0.1) is 5.21 Å². The van der Waals surface area contributed by atoms with Gasteiger partial charge in [0.1, 0.15) is 0 Å². The molecule has 0 bridgehead atoms. The third kappa shape index (κ3) is 10.9. The van der Waals surface area contributed by atoms with Crippen LogP contribution in [-0.4, -0.2) is 11.5 Å². The molecule has 0 aliphatic rings. The maximum atomic E-state index is 5.15. The van der Waals surface area contributed by atoms with Crippen molar-refractivity contribution in [1.82, 2.24) is 0 Å². The third-order valence-electron chi connectivity index (χ3n) is 0.109. The molecule has 5 heavy (non-hydrogen) atoms. The van der Waals surface area contributed by atoms with Gasteiger partial charge in [-0.05, 0) is 6.26 Å². The van der Waals surface area contributed by atoms with E-state index in [9.17, 15) is 0 Å². The second-order valence-electron chi connectivity index (χ2n) is 0.398. The number of hydrogen-bond acceptors (Lipinski definition) is 1. The van der Waals surface area contributed by atoms with Crippen LogP contribution < -0.4 is 0 Å². The van der Waals surface area contributed by atoms with Gasteiger partial charge >= 0.3 is 22.4 Å². The normalized spacial score (nSPS) is 6.00. The molecule has 0 atom stereocenters. The molecule has 0 saturated carbocycles. The molecule has 0 aliphatic carbocycles. The molecule has 36 valence electrons. The van der Waals surface area contributed by atoms with Crippen LogP contribution >= 0.6 is 23.4 Å². The fourth-order valence-electron chi connectivity index (χ4n) is 0. The second kappa shape index (κ2) is 9.03. The Morgan fingerprint density at radius 1 is 1.80 bits per heavy atom.